The summed E-state index contributed by atoms with van der Waals surface area (Å²) in [5.74, 6) is 1.90. The molecule has 5 heteroatoms. The molecule has 2 aliphatic rings. The number of hydrogen-bond donors (Lipinski definition) is 0. The summed E-state index contributed by atoms with van der Waals surface area (Å²) in [5.41, 5.74) is 13.4. The summed E-state index contributed by atoms with van der Waals surface area (Å²) in [6.07, 6.45) is 0. The lowest BCUT2D eigenvalue weighted by atomic mass is 9.67. The first-order valence-electron chi connectivity index (χ1n) is 20.7. The van der Waals surface area contributed by atoms with Gasteiger partial charge in [0.05, 0.1) is 16.4 Å². The van der Waals surface area contributed by atoms with Crippen molar-refractivity contribution in [1.82, 2.24) is 19.5 Å². The summed E-state index contributed by atoms with van der Waals surface area (Å²) in [4.78, 5) is 18.3. The van der Waals surface area contributed by atoms with Gasteiger partial charge in [0.15, 0.2) is 17.5 Å². The van der Waals surface area contributed by atoms with E-state index in [1.54, 1.807) is 0 Å². The molecule has 0 N–H and O–H groups in total. The minimum absolute atomic E-state index is 0.500. The highest BCUT2D eigenvalue weighted by molar-refractivity contribution is 7.99. The first kappa shape index (κ1) is 34.3. The zero-order chi connectivity index (χ0) is 40.1. The van der Waals surface area contributed by atoms with Crippen molar-refractivity contribution in [2.24, 2.45) is 0 Å². The van der Waals surface area contributed by atoms with Crippen molar-refractivity contribution in [3.05, 3.63) is 229 Å². The average Bonchev–Trinajstić information content (AvgIpc) is 3.83. The normalized spacial score (nSPS) is 13.3. The van der Waals surface area contributed by atoms with Gasteiger partial charge in [-0.3, -0.25) is 0 Å². The van der Waals surface area contributed by atoms with Crippen molar-refractivity contribution in [3.8, 4) is 51.0 Å². The van der Waals surface area contributed by atoms with E-state index in [0.29, 0.717) is 17.5 Å². The second-order valence-corrected chi connectivity index (χ2v) is 17.0. The van der Waals surface area contributed by atoms with Crippen LogP contribution in [0, 0.1) is 0 Å². The van der Waals surface area contributed by atoms with Crippen molar-refractivity contribution in [2.75, 3.05) is 0 Å². The molecule has 1 spiro atoms. The summed E-state index contributed by atoms with van der Waals surface area (Å²) >= 11 is 1.84. The van der Waals surface area contributed by atoms with Gasteiger partial charge in [0.1, 0.15) is 0 Å². The third kappa shape index (κ3) is 4.99. The molecular weight excluding hydrogens is 761 g/mol. The molecule has 0 bridgehead atoms. The molecule has 1 aliphatic carbocycles. The Morgan fingerprint density at radius 1 is 0.377 bits per heavy atom. The number of hydrogen-bond acceptors (Lipinski definition) is 4. The Morgan fingerprint density at radius 3 is 1.75 bits per heavy atom. The fourth-order valence-corrected chi connectivity index (χ4v) is 11.3. The van der Waals surface area contributed by atoms with Crippen molar-refractivity contribution >= 4 is 44.3 Å². The van der Waals surface area contributed by atoms with E-state index < -0.39 is 5.41 Å². The zero-order valence-corrected chi connectivity index (χ0v) is 33.6. The Kier molecular flexibility index (Phi) is 7.42. The van der Waals surface area contributed by atoms with Crippen LogP contribution in [0.15, 0.2) is 216 Å². The van der Waals surface area contributed by atoms with Crippen LogP contribution in [0.1, 0.15) is 22.3 Å². The molecule has 3 heterocycles. The lowest BCUT2D eigenvalue weighted by molar-refractivity contribution is 0.722. The van der Waals surface area contributed by atoms with Crippen molar-refractivity contribution in [3.63, 3.8) is 0 Å². The number of nitrogens with zero attached hydrogens (tertiary/aromatic N) is 4. The van der Waals surface area contributed by atoms with Gasteiger partial charge < -0.3 is 4.57 Å². The van der Waals surface area contributed by atoms with E-state index in [2.05, 4.69) is 193 Å². The Bertz CT molecular complexity index is 3540. The highest BCUT2D eigenvalue weighted by atomic mass is 32.2. The van der Waals surface area contributed by atoms with Crippen molar-refractivity contribution < 1.29 is 0 Å². The van der Waals surface area contributed by atoms with Gasteiger partial charge in [0, 0.05) is 42.9 Å². The molecule has 0 saturated heterocycles. The van der Waals surface area contributed by atoms with Crippen LogP contribution < -0.4 is 0 Å². The minimum atomic E-state index is -0.500. The van der Waals surface area contributed by atoms with Crippen LogP contribution in [0.4, 0.5) is 0 Å². The average molecular weight is 795 g/mol. The van der Waals surface area contributed by atoms with E-state index >= 15 is 0 Å². The van der Waals surface area contributed by atoms with Crippen LogP contribution in [-0.4, -0.2) is 19.5 Å². The third-order valence-corrected chi connectivity index (χ3v) is 13.8. The van der Waals surface area contributed by atoms with Gasteiger partial charge >= 0.3 is 0 Å². The molecule has 4 nitrogen and oxygen atoms in total. The second-order valence-electron chi connectivity index (χ2n) is 15.9. The van der Waals surface area contributed by atoms with Crippen molar-refractivity contribution in [2.45, 2.75) is 15.2 Å². The second kappa shape index (κ2) is 13.2. The maximum atomic E-state index is 5.35. The van der Waals surface area contributed by atoms with E-state index in [-0.39, 0.29) is 0 Å². The molecule has 0 fully saturated rings. The number of benzene rings is 9. The largest absolute Gasteiger partial charge is 0.309 e. The van der Waals surface area contributed by atoms with E-state index in [9.17, 15) is 0 Å². The van der Waals surface area contributed by atoms with E-state index in [0.717, 1.165) is 33.4 Å². The molecule has 284 valence electrons. The number of fused-ring (bicyclic) bond motifs is 14. The van der Waals surface area contributed by atoms with Gasteiger partial charge in [0.25, 0.3) is 0 Å². The fraction of sp³-hybridized carbons (Fsp3) is 0.0179. The number of rotatable bonds is 4. The molecule has 0 unspecified atom stereocenters. The monoisotopic (exact) mass is 794 g/mol. The molecule has 11 aromatic rings. The number of aromatic nitrogens is 4. The molecule has 0 amide bonds. The molecule has 9 aromatic carbocycles. The molecule has 61 heavy (non-hydrogen) atoms. The molecule has 0 saturated carbocycles. The minimum Gasteiger partial charge on any atom is -0.309 e. The van der Waals surface area contributed by atoms with Gasteiger partial charge in [-0.15, -0.1) is 0 Å². The maximum Gasteiger partial charge on any atom is 0.164 e. The maximum absolute atomic E-state index is 5.35. The Labute approximate surface area is 356 Å². The van der Waals surface area contributed by atoms with Crippen LogP contribution in [0.5, 0.6) is 0 Å². The summed E-state index contributed by atoms with van der Waals surface area (Å²) < 4.78 is 2.37. The highest BCUT2D eigenvalue weighted by Gasteiger charge is 2.50. The Hall–Kier alpha value is -7.60. The SMILES string of the molecule is c1ccc(-c2nc(-c3cccc(-n4c5ccccc5c5c6ccccc6ccc54)c3)nc(-c3ccc4c(c3)C3(c5ccccc5S4)c4ccccc4-c4ccccc43)n2)cc1. The molecule has 1 aliphatic heterocycles. The smallest absolute Gasteiger partial charge is 0.164 e. The standard InChI is InChI=1S/C56H34N4S/c1-2-16-36(17-3-1)53-57-54(37-18-14-19-39(33-37)60-48-27-12-8-23-43(48)52-40-20-5-4-15-35(40)29-31-49(52)60)59-55(58-53)38-30-32-51-47(34-38)56(46-26-11-13-28-50(46)61-51)44-24-9-6-21-41(44)42-22-7-10-25-45(42)56/h1-34H. The van der Waals surface area contributed by atoms with Gasteiger partial charge in [0.2, 0.25) is 0 Å². The van der Waals surface area contributed by atoms with Gasteiger partial charge in [-0.05, 0) is 86.6 Å². The third-order valence-electron chi connectivity index (χ3n) is 12.7. The van der Waals surface area contributed by atoms with Crippen LogP contribution in [0.25, 0.3) is 83.6 Å². The topological polar surface area (TPSA) is 43.6 Å². The number of para-hydroxylation sites is 1. The van der Waals surface area contributed by atoms with E-state index in [4.69, 9.17) is 15.0 Å². The molecule has 0 radical (unpaired) electrons. The summed E-state index contributed by atoms with van der Waals surface area (Å²) in [6, 6.07) is 74.3. The zero-order valence-electron chi connectivity index (χ0n) is 32.8. The summed E-state index contributed by atoms with van der Waals surface area (Å²) in [6.45, 7) is 0. The van der Waals surface area contributed by atoms with Crippen LogP contribution >= 0.6 is 11.8 Å². The predicted molar refractivity (Wildman–Crippen MR) is 249 cm³/mol. The first-order valence-corrected chi connectivity index (χ1v) is 21.5. The molecular formula is C56H34N4S. The van der Waals surface area contributed by atoms with Gasteiger partial charge in [-0.2, -0.15) is 0 Å². The van der Waals surface area contributed by atoms with Crippen molar-refractivity contribution in [1.29, 1.82) is 0 Å². The lowest BCUT2D eigenvalue weighted by Gasteiger charge is -2.39. The van der Waals surface area contributed by atoms with E-state index in [1.807, 2.05) is 30.0 Å². The van der Waals surface area contributed by atoms with Crippen LogP contribution in [-0.2, 0) is 5.41 Å². The van der Waals surface area contributed by atoms with Crippen LogP contribution in [0.3, 0.4) is 0 Å². The molecule has 2 aromatic heterocycles. The van der Waals surface area contributed by atoms with E-state index in [1.165, 1.54) is 64.7 Å². The summed E-state index contributed by atoms with van der Waals surface area (Å²) in [5, 5.41) is 4.97. The molecule has 13 rings (SSSR count). The Balaban J connectivity index is 1.02. The highest BCUT2D eigenvalue weighted by Crippen LogP contribution is 2.62. The van der Waals surface area contributed by atoms with Gasteiger partial charge in [-0.1, -0.05) is 176 Å². The summed E-state index contributed by atoms with van der Waals surface area (Å²) in [7, 11) is 0. The lowest BCUT2D eigenvalue weighted by Crippen LogP contribution is -2.32. The quantitative estimate of drug-likeness (QED) is 0.178. The van der Waals surface area contributed by atoms with Crippen LogP contribution in [0.2, 0.25) is 0 Å². The fourth-order valence-electron chi connectivity index (χ4n) is 10.1. The molecule has 0 atom stereocenters. The predicted octanol–water partition coefficient (Wildman–Crippen LogP) is 14.0. The Morgan fingerprint density at radius 2 is 0.967 bits per heavy atom. The first-order chi connectivity index (χ1) is 30.2. The van der Waals surface area contributed by atoms with Gasteiger partial charge in [-0.25, -0.2) is 15.0 Å².